The van der Waals surface area contributed by atoms with E-state index in [2.05, 4.69) is 9.36 Å². The number of nitrogens with zero attached hydrogens (tertiary/aromatic N) is 2. The molecule has 0 N–H and O–H groups in total. The summed E-state index contributed by atoms with van der Waals surface area (Å²) in [6, 6.07) is 5.22. The highest BCUT2D eigenvalue weighted by Gasteiger charge is 2.16. The highest BCUT2D eigenvalue weighted by molar-refractivity contribution is 8.01. The number of fused-ring (bicyclic) bond motifs is 1. The second kappa shape index (κ2) is 4.95. The molecule has 0 atom stereocenters. The van der Waals surface area contributed by atoms with Crippen molar-refractivity contribution in [2.45, 2.75) is 4.34 Å². The maximum atomic E-state index is 12.0. The molecular formula is C11H8N2O3S2. The summed E-state index contributed by atoms with van der Waals surface area (Å²) in [6.07, 6.45) is 1.48. The van der Waals surface area contributed by atoms with Crippen molar-refractivity contribution < 1.29 is 14.3 Å². The van der Waals surface area contributed by atoms with Crippen LogP contribution in [0.2, 0.25) is 0 Å². The van der Waals surface area contributed by atoms with Gasteiger partial charge in [0, 0.05) is 5.56 Å². The summed E-state index contributed by atoms with van der Waals surface area (Å²) in [6.45, 7) is 0.215. The second-order valence-corrected chi connectivity index (χ2v) is 5.49. The first-order valence-corrected chi connectivity index (χ1v) is 6.91. The number of rotatable bonds is 4. The minimum absolute atomic E-state index is 0.0356. The molecule has 1 aliphatic rings. The molecule has 0 fully saturated rings. The summed E-state index contributed by atoms with van der Waals surface area (Å²) in [7, 11) is 0. The highest BCUT2D eigenvalue weighted by atomic mass is 32.2. The second-order valence-electron chi connectivity index (χ2n) is 3.49. The first-order chi connectivity index (χ1) is 8.83. The average molecular weight is 280 g/mol. The normalized spacial score (nSPS) is 12.7. The SMILES string of the molecule is O=C(CSc1ncns1)c1ccc2c(c1)OCO2. The van der Waals surface area contributed by atoms with Gasteiger partial charge in [-0.1, -0.05) is 11.8 Å². The van der Waals surface area contributed by atoms with Gasteiger partial charge in [0.15, 0.2) is 21.6 Å². The predicted molar refractivity (Wildman–Crippen MR) is 67.5 cm³/mol. The number of hydrogen-bond acceptors (Lipinski definition) is 7. The number of carbonyl (C=O) groups is 1. The number of ether oxygens (including phenoxy) is 2. The Labute approximate surface area is 111 Å². The molecule has 7 heteroatoms. The number of carbonyl (C=O) groups excluding carboxylic acids is 1. The van der Waals surface area contributed by atoms with Crippen molar-refractivity contribution >= 4 is 29.1 Å². The number of aromatic nitrogens is 2. The Hall–Kier alpha value is -1.60. The molecule has 1 aromatic heterocycles. The van der Waals surface area contributed by atoms with Gasteiger partial charge < -0.3 is 9.47 Å². The van der Waals surface area contributed by atoms with Crippen LogP contribution in [0.3, 0.4) is 0 Å². The molecule has 1 aromatic carbocycles. The van der Waals surface area contributed by atoms with E-state index in [0.717, 1.165) is 4.34 Å². The highest BCUT2D eigenvalue weighted by Crippen LogP contribution is 2.33. The van der Waals surface area contributed by atoms with Crippen molar-refractivity contribution in [3.8, 4) is 11.5 Å². The minimum Gasteiger partial charge on any atom is -0.454 e. The molecule has 0 bridgehead atoms. The molecule has 0 aliphatic carbocycles. The summed E-state index contributed by atoms with van der Waals surface area (Å²) in [5.41, 5.74) is 0.622. The minimum atomic E-state index is 0.0356. The lowest BCUT2D eigenvalue weighted by molar-refractivity contribution is 0.102. The lowest BCUT2D eigenvalue weighted by atomic mass is 10.1. The number of ketones is 1. The summed E-state index contributed by atoms with van der Waals surface area (Å²) in [5, 5.41) is 0. The summed E-state index contributed by atoms with van der Waals surface area (Å²) < 4.78 is 15.1. The third-order valence-electron chi connectivity index (χ3n) is 2.36. The molecule has 1 aliphatic heterocycles. The smallest absolute Gasteiger partial charge is 0.231 e. The van der Waals surface area contributed by atoms with Gasteiger partial charge in [-0.25, -0.2) is 4.98 Å². The predicted octanol–water partition coefficient (Wildman–Crippen LogP) is 2.24. The van der Waals surface area contributed by atoms with Crippen LogP contribution in [-0.4, -0.2) is 27.7 Å². The topological polar surface area (TPSA) is 61.3 Å². The van der Waals surface area contributed by atoms with Gasteiger partial charge in [0.2, 0.25) is 6.79 Å². The molecule has 0 saturated carbocycles. The monoisotopic (exact) mass is 280 g/mol. The molecule has 0 amide bonds. The van der Waals surface area contributed by atoms with Crippen LogP contribution < -0.4 is 9.47 Å². The van der Waals surface area contributed by atoms with Gasteiger partial charge in [0.1, 0.15) is 6.33 Å². The van der Waals surface area contributed by atoms with Gasteiger partial charge in [0.25, 0.3) is 0 Å². The Morgan fingerprint density at radius 1 is 1.39 bits per heavy atom. The van der Waals surface area contributed by atoms with Crippen LogP contribution in [0.15, 0.2) is 28.9 Å². The molecule has 5 nitrogen and oxygen atoms in total. The standard InChI is InChI=1S/C11H8N2O3S2/c14-8(4-17-11-12-5-13-18-11)7-1-2-9-10(3-7)16-6-15-9/h1-3,5H,4,6H2. The van der Waals surface area contributed by atoms with E-state index in [1.807, 2.05) is 0 Å². The Bertz CT molecular complexity index is 572. The Morgan fingerprint density at radius 3 is 3.11 bits per heavy atom. The maximum Gasteiger partial charge on any atom is 0.231 e. The Kier molecular flexibility index (Phi) is 3.16. The maximum absolute atomic E-state index is 12.0. The molecule has 92 valence electrons. The van der Waals surface area contributed by atoms with Crippen LogP contribution in [0.1, 0.15) is 10.4 Å². The van der Waals surface area contributed by atoms with Crippen LogP contribution in [0.5, 0.6) is 11.5 Å². The first-order valence-electron chi connectivity index (χ1n) is 5.15. The molecule has 0 spiro atoms. The summed E-state index contributed by atoms with van der Waals surface area (Å²) in [5.74, 6) is 1.69. The zero-order valence-corrected chi connectivity index (χ0v) is 10.8. The van der Waals surface area contributed by atoms with Gasteiger partial charge in [-0.3, -0.25) is 4.79 Å². The fraction of sp³-hybridized carbons (Fsp3) is 0.182. The number of thioether (sulfide) groups is 1. The molecule has 0 radical (unpaired) electrons. The van der Waals surface area contributed by atoms with E-state index in [4.69, 9.17) is 9.47 Å². The van der Waals surface area contributed by atoms with Crippen molar-refractivity contribution in [3.05, 3.63) is 30.1 Å². The van der Waals surface area contributed by atoms with E-state index in [1.165, 1.54) is 29.6 Å². The average Bonchev–Trinajstić information content (AvgIpc) is 3.05. The van der Waals surface area contributed by atoms with Crippen molar-refractivity contribution in [2.24, 2.45) is 0 Å². The van der Waals surface area contributed by atoms with Gasteiger partial charge >= 0.3 is 0 Å². The molecule has 0 unspecified atom stereocenters. The molecule has 3 rings (SSSR count). The Balaban J connectivity index is 1.69. The fourth-order valence-electron chi connectivity index (χ4n) is 1.51. The zero-order valence-electron chi connectivity index (χ0n) is 9.16. The fourth-order valence-corrected chi connectivity index (χ4v) is 2.85. The van der Waals surface area contributed by atoms with E-state index in [1.54, 1.807) is 18.2 Å². The van der Waals surface area contributed by atoms with Crippen molar-refractivity contribution in [1.82, 2.24) is 9.36 Å². The molecule has 2 heterocycles. The van der Waals surface area contributed by atoms with Crippen LogP contribution in [0.25, 0.3) is 0 Å². The van der Waals surface area contributed by atoms with E-state index in [0.29, 0.717) is 22.8 Å². The number of Topliss-reactive ketones (excluding diaryl/α,β-unsaturated/α-hetero) is 1. The summed E-state index contributed by atoms with van der Waals surface area (Å²) in [4.78, 5) is 16.0. The third-order valence-corrected chi connectivity index (χ3v) is 4.16. The number of benzene rings is 1. The van der Waals surface area contributed by atoms with Crippen LogP contribution >= 0.6 is 23.3 Å². The van der Waals surface area contributed by atoms with Crippen molar-refractivity contribution in [2.75, 3.05) is 12.5 Å². The van der Waals surface area contributed by atoms with Gasteiger partial charge in [-0.15, -0.1) is 0 Å². The van der Waals surface area contributed by atoms with E-state index in [-0.39, 0.29) is 12.6 Å². The zero-order chi connectivity index (χ0) is 12.4. The van der Waals surface area contributed by atoms with Gasteiger partial charge in [-0.2, -0.15) is 4.37 Å². The molecular weight excluding hydrogens is 272 g/mol. The Morgan fingerprint density at radius 2 is 2.28 bits per heavy atom. The van der Waals surface area contributed by atoms with E-state index in [9.17, 15) is 4.79 Å². The van der Waals surface area contributed by atoms with E-state index >= 15 is 0 Å². The van der Waals surface area contributed by atoms with Gasteiger partial charge in [0.05, 0.1) is 5.75 Å². The van der Waals surface area contributed by atoms with E-state index < -0.39 is 0 Å². The lowest BCUT2D eigenvalue weighted by Crippen LogP contribution is -2.02. The summed E-state index contributed by atoms with van der Waals surface area (Å²) >= 11 is 2.67. The number of hydrogen-bond donors (Lipinski definition) is 0. The third kappa shape index (κ3) is 2.32. The molecule has 18 heavy (non-hydrogen) atoms. The first kappa shape index (κ1) is 11.5. The quantitative estimate of drug-likeness (QED) is 0.632. The molecule has 2 aromatic rings. The van der Waals surface area contributed by atoms with Gasteiger partial charge in [-0.05, 0) is 29.7 Å². The van der Waals surface area contributed by atoms with Crippen molar-refractivity contribution in [3.63, 3.8) is 0 Å². The lowest BCUT2D eigenvalue weighted by Gasteiger charge is -2.01. The van der Waals surface area contributed by atoms with Crippen molar-refractivity contribution in [1.29, 1.82) is 0 Å². The largest absolute Gasteiger partial charge is 0.454 e. The van der Waals surface area contributed by atoms with Crippen LogP contribution in [-0.2, 0) is 0 Å². The van der Waals surface area contributed by atoms with Crippen LogP contribution in [0.4, 0.5) is 0 Å². The van der Waals surface area contributed by atoms with Crippen LogP contribution in [0, 0.1) is 0 Å². The molecule has 0 saturated heterocycles.